The largest absolute Gasteiger partial charge is 0.396 e. The maximum Gasteiger partial charge on any atom is 0.315 e. The highest BCUT2D eigenvalue weighted by Crippen LogP contribution is 2.07. The molecular weight excluding hydrogens is 266 g/mol. The van der Waals surface area contributed by atoms with Crippen molar-refractivity contribution < 1.29 is 9.90 Å². The molecule has 0 heterocycles. The Balaban J connectivity index is 2.35. The number of aliphatic hydroxyl groups is 1. The van der Waals surface area contributed by atoms with Crippen LogP contribution in [0.2, 0.25) is 0 Å². The van der Waals surface area contributed by atoms with E-state index in [1.54, 1.807) is 0 Å². The summed E-state index contributed by atoms with van der Waals surface area (Å²) in [7, 11) is 4.07. The van der Waals surface area contributed by atoms with Crippen LogP contribution >= 0.6 is 0 Å². The molecule has 118 valence electrons. The number of carbonyl (C=O) groups is 1. The van der Waals surface area contributed by atoms with Crippen molar-refractivity contribution in [3.05, 3.63) is 35.4 Å². The summed E-state index contributed by atoms with van der Waals surface area (Å²) in [6, 6.07) is 8.04. The second kappa shape index (κ2) is 9.37. The average molecular weight is 293 g/mol. The zero-order valence-electron chi connectivity index (χ0n) is 13.2. The normalized spacial score (nSPS) is 12.2. The van der Waals surface area contributed by atoms with Gasteiger partial charge in [0.15, 0.2) is 0 Å². The van der Waals surface area contributed by atoms with Gasteiger partial charge >= 0.3 is 6.03 Å². The van der Waals surface area contributed by atoms with Gasteiger partial charge in [-0.15, -0.1) is 0 Å². The molecule has 2 amide bonds. The Morgan fingerprint density at radius 1 is 1.29 bits per heavy atom. The molecule has 5 heteroatoms. The number of benzene rings is 1. The van der Waals surface area contributed by atoms with Gasteiger partial charge in [0.1, 0.15) is 0 Å². The van der Waals surface area contributed by atoms with Crippen molar-refractivity contribution in [2.75, 3.05) is 27.2 Å². The van der Waals surface area contributed by atoms with Crippen molar-refractivity contribution in [2.45, 2.75) is 26.4 Å². The van der Waals surface area contributed by atoms with Gasteiger partial charge in [-0.1, -0.05) is 31.2 Å². The molecule has 0 aliphatic carbocycles. The topological polar surface area (TPSA) is 64.6 Å². The molecular formula is C16H27N3O2. The standard InChI is InChI=1S/C16H27N3O2/c1-13(7-8-20)10-17-16(21)18-11-14-5-4-6-15(9-14)12-19(2)3/h4-6,9,13,20H,7-8,10-12H2,1-3H3,(H2,17,18,21). The van der Waals surface area contributed by atoms with Crippen molar-refractivity contribution in [1.82, 2.24) is 15.5 Å². The van der Waals surface area contributed by atoms with E-state index in [-0.39, 0.29) is 18.6 Å². The molecule has 1 aromatic rings. The second-order valence-corrected chi connectivity index (χ2v) is 5.74. The molecule has 1 atom stereocenters. The molecule has 21 heavy (non-hydrogen) atoms. The van der Waals surface area contributed by atoms with Crippen molar-refractivity contribution in [3.63, 3.8) is 0 Å². The van der Waals surface area contributed by atoms with E-state index in [4.69, 9.17) is 5.11 Å². The first-order valence-electron chi connectivity index (χ1n) is 7.36. The zero-order valence-corrected chi connectivity index (χ0v) is 13.2. The van der Waals surface area contributed by atoms with E-state index in [9.17, 15) is 4.79 Å². The SMILES string of the molecule is CC(CCO)CNC(=O)NCc1cccc(CN(C)C)c1. The van der Waals surface area contributed by atoms with Crippen molar-refractivity contribution in [1.29, 1.82) is 0 Å². The lowest BCUT2D eigenvalue weighted by atomic mass is 10.1. The van der Waals surface area contributed by atoms with E-state index in [0.717, 1.165) is 12.1 Å². The van der Waals surface area contributed by atoms with Crippen LogP contribution in [0.15, 0.2) is 24.3 Å². The van der Waals surface area contributed by atoms with Crippen molar-refractivity contribution in [2.24, 2.45) is 5.92 Å². The summed E-state index contributed by atoms with van der Waals surface area (Å²) < 4.78 is 0. The number of urea groups is 1. The molecule has 1 unspecified atom stereocenters. The number of nitrogens with zero attached hydrogens (tertiary/aromatic N) is 1. The van der Waals surface area contributed by atoms with Crippen molar-refractivity contribution in [3.8, 4) is 0 Å². The third kappa shape index (κ3) is 7.68. The summed E-state index contributed by atoms with van der Waals surface area (Å²) in [4.78, 5) is 13.8. The summed E-state index contributed by atoms with van der Waals surface area (Å²) in [5.74, 6) is 0.282. The van der Waals surface area contributed by atoms with Crippen LogP contribution in [0.4, 0.5) is 4.79 Å². The van der Waals surface area contributed by atoms with E-state index < -0.39 is 0 Å². The summed E-state index contributed by atoms with van der Waals surface area (Å²) in [6.45, 7) is 4.14. The van der Waals surface area contributed by atoms with Gasteiger partial charge in [-0.2, -0.15) is 0 Å². The van der Waals surface area contributed by atoms with Crippen LogP contribution in [-0.4, -0.2) is 43.3 Å². The number of hydrogen-bond donors (Lipinski definition) is 3. The highest BCUT2D eigenvalue weighted by atomic mass is 16.3. The van der Waals surface area contributed by atoms with Crippen LogP contribution in [-0.2, 0) is 13.1 Å². The Labute approximate surface area is 127 Å². The molecule has 0 aliphatic rings. The van der Waals surface area contributed by atoms with Gasteiger partial charge in [0.2, 0.25) is 0 Å². The van der Waals surface area contributed by atoms with Crippen LogP contribution in [0.1, 0.15) is 24.5 Å². The second-order valence-electron chi connectivity index (χ2n) is 5.74. The van der Waals surface area contributed by atoms with E-state index in [1.807, 2.05) is 33.2 Å². The molecule has 5 nitrogen and oxygen atoms in total. The van der Waals surface area contributed by atoms with Gasteiger partial charge in [-0.05, 0) is 37.6 Å². The molecule has 0 fully saturated rings. The minimum Gasteiger partial charge on any atom is -0.396 e. The number of carbonyl (C=O) groups excluding carboxylic acids is 1. The molecule has 1 rings (SSSR count). The van der Waals surface area contributed by atoms with Crippen LogP contribution < -0.4 is 10.6 Å². The number of nitrogens with one attached hydrogen (secondary N) is 2. The number of rotatable bonds is 8. The third-order valence-corrected chi connectivity index (χ3v) is 3.18. The Hall–Kier alpha value is -1.59. The van der Waals surface area contributed by atoms with Gasteiger partial charge < -0.3 is 20.6 Å². The molecule has 3 N–H and O–H groups in total. The highest BCUT2D eigenvalue weighted by molar-refractivity contribution is 5.73. The smallest absolute Gasteiger partial charge is 0.315 e. The lowest BCUT2D eigenvalue weighted by Gasteiger charge is -2.13. The van der Waals surface area contributed by atoms with E-state index in [0.29, 0.717) is 19.5 Å². The maximum absolute atomic E-state index is 11.7. The quantitative estimate of drug-likeness (QED) is 0.681. The summed E-state index contributed by atoms with van der Waals surface area (Å²) in [5, 5.41) is 14.5. The Morgan fingerprint density at radius 3 is 2.67 bits per heavy atom. The predicted octanol–water partition coefficient (Wildman–Crippen LogP) is 1.57. The van der Waals surface area contributed by atoms with E-state index in [1.165, 1.54) is 5.56 Å². The first kappa shape index (κ1) is 17.5. The fraction of sp³-hybridized carbons (Fsp3) is 0.562. The van der Waals surface area contributed by atoms with Gasteiger partial charge in [-0.3, -0.25) is 0 Å². The highest BCUT2D eigenvalue weighted by Gasteiger charge is 2.05. The first-order chi connectivity index (χ1) is 10.0. The van der Waals surface area contributed by atoms with E-state index in [2.05, 4.69) is 27.7 Å². The molecule has 0 aliphatic heterocycles. The fourth-order valence-electron chi connectivity index (χ4n) is 2.04. The summed E-state index contributed by atoms with van der Waals surface area (Å²) in [5.41, 5.74) is 2.32. The molecule has 0 saturated carbocycles. The Kier molecular flexibility index (Phi) is 7.79. The van der Waals surface area contributed by atoms with Gasteiger partial charge in [0, 0.05) is 26.2 Å². The van der Waals surface area contributed by atoms with Crippen LogP contribution in [0.3, 0.4) is 0 Å². The number of amides is 2. The number of aliphatic hydroxyl groups excluding tert-OH is 1. The lowest BCUT2D eigenvalue weighted by molar-refractivity contribution is 0.233. The van der Waals surface area contributed by atoms with Crippen molar-refractivity contribution >= 4 is 6.03 Å². The zero-order chi connectivity index (χ0) is 15.7. The summed E-state index contributed by atoms with van der Waals surface area (Å²) >= 11 is 0. The molecule has 0 saturated heterocycles. The van der Waals surface area contributed by atoms with Crippen LogP contribution in [0, 0.1) is 5.92 Å². The minimum atomic E-state index is -0.169. The fourth-order valence-corrected chi connectivity index (χ4v) is 2.04. The van der Waals surface area contributed by atoms with E-state index >= 15 is 0 Å². The van der Waals surface area contributed by atoms with Gasteiger partial charge in [-0.25, -0.2) is 4.79 Å². The van der Waals surface area contributed by atoms with Crippen LogP contribution in [0.25, 0.3) is 0 Å². The van der Waals surface area contributed by atoms with Gasteiger partial charge in [0.05, 0.1) is 0 Å². The molecule has 0 spiro atoms. The predicted molar refractivity (Wildman–Crippen MR) is 84.9 cm³/mol. The Bertz CT molecular complexity index is 435. The molecule has 0 bridgehead atoms. The first-order valence-corrected chi connectivity index (χ1v) is 7.36. The third-order valence-electron chi connectivity index (χ3n) is 3.18. The molecule has 0 aromatic heterocycles. The van der Waals surface area contributed by atoms with Gasteiger partial charge in [0.25, 0.3) is 0 Å². The lowest BCUT2D eigenvalue weighted by Crippen LogP contribution is -2.37. The Morgan fingerprint density at radius 2 is 2.00 bits per heavy atom. The maximum atomic E-state index is 11.7. The molecule has 1 aromatic carbocycles. The number of hydrogen-bond acceptors (Lipinski definition) is 3. The van der Waals surface area contributed by atoms with Crippen LogP contribution in [0.5, 0.6) is 0 Å². The molecule has 0 radical (unpaired) electrons. The average Bonchev–Trinajstić information content (AvgIpc) is 2.43. The summed E-state index contributed by atoms with van der Waals surface area (Å²) in [6.07, 6.45) is 0.701. The minimum absolute atomic E-state index is 0.156. The monoisotopic (exact) mass is 293 g/mol.